The summed E-state index contributed by atoms with van der Waals surface area (Å²) in [4.78, 5) is 13.9. The Bertz CT molecular complexity index is 1250. The number of aromatic hydroxyl groups is 1. The second-order valence-corrected chi connectivity index (χ2v) is 9.53. The fourth-order valence-corrected chi connectivity index (χ4v) is 4.76. The molecule has 7 nitrogen and oxygen atoms in total. The number of piperidine rings is 1. The van der Waals surface area contributed by atoms with E-state index in [-0.39, 0.29) is 17.4 Å². The minimum absolute atomic E-state index is 0.0851. The molecule has 1 saturated heterocycles. The summed E-state index contributed by atoms with van der Waals surface area (Å²) in [5.74, 6) is 0.506. The molecule has 0 radical (unpaired) electrons. The molecule has 5 rings (SSSR count). The van der Waals surface area contributed by atoms with Crippen LogP contribution in [0.4, 0.5) is 14.7 Å². The van der Waals surface area contributed by atoms with Crippen LogP contribution in [0.1, 0.15) is 36.6 Å². The second-order valence-electron chi connectivity index (χ2n) is 9.53. The van der Waals surface area contributed by atoms with Crippen LogP contribution >= 0.6 is 0 Å². The van der Waals surface area contributed by atoms with Crippen LogP contribution in [0, 0.1) is 17.6 Å². The second kappa shape index (κ2) is 10.3. The number of hydrogen-bond donors (Lipinski definition) is 1. The first-order valence-electron chi connectivity index (χ1n) is 12.3. The van der Waals surface area contributed by atoms with E-state index in [0.29, 0.717) is 37.1 Å². The number of benzene rings is 2. The number of methoxy groups -OCH3 is 1. The minimum Gasteiger partial charge on any atom is -0.504 e. The number of hydrogen-bond acceptors (Lipinski definition) is 7. The fourth-order valence-electron chi connectivity index (χ4n) is 4.76. The maximum absolute atomic E-state index is 14.5. The van der Waals surface area contributed by atoms with E-state index < -0.39 is 11.6 Å². The molecule has 0 spiro atoms. The van der Waals surface area contributed by atoms with Crippen LogP contribution in [0.5, 0.6) is 23.1 Å². The Morgan fingerprint density at radius 1 is 1.06 bits per heavy atom. The van der Waals surface area contributed by atoms with E-state index in [0.717, 1.165) is 61.4 Å². The number of rotatable bonds is 6. The van der Waals surface area contributed by atoms with Gasteiger partial charge in [-0.15, -0.1) is 0 Å². The summed E-state index contributed by atoms with van der Waals surface area (Å²) in [6, 6.07) is 8.65. The van der Waals surface area contributed by atoms with Gasteiger partial charge in [0.15, 0.2) is 23.1 Å². The van der Waals surface area contributed by atoms with Gasteiger partial charge in [0.25, 0.3) is 0 Å². The quantitative estimate of drug-likeness (QED) is 0.512. The highest BCUT2D eigenvalue weighted by molar-refractivity contribution is 5.46. The first kappa shape index (κ1) is 24.2. The molecule has 3 heterocycles. The number of phenols is 1. The molecule has 3 aromatic rings. The first-order chi connectivity index (χ1) is 17.4. The van der Waals surface area contributed by atoms with Crippen molar-refractivity contribution in [2.24, 2.45) is 5.92 Å². The van der Waals surface area contributed by atoms with Gasteiger partial charge in [0, 0.05) is 50.8 Å². The van der Waals surface area contributed by atoms with Crippen LogP contribution in [-0.4, -0.2) is 46.7 Å². The molecule has 0 aliphatic carbocycles. The summed E-state index contributed by atoms with van der Waals surface area (Å²) in [5.41, 5.74) is 2.37. The summed E-state index contributed by atoms with van der Waals surface area (Å²) in [5, 5.41) is 10.5. The normalized spacial score (nSPS) is 16.6. The highest BCUT2D eigenvalue weighted by Gasteiger charge is 2.28. The third kappa shape index (κ3) is 5.06. The largest absolute Gasteiger partial charge is 0.504 e. The predicted molar refractivity (Wildman–Crippen MR) is 132 cm³/mol. The van der Waals surface area contributed by atoms with Crippen molar-refractivity contribution in [3.8, 4) is 23.1 Å². The summed E-state index contributed by atoms with van der Waals surface area (Å²) < 4.78 is 39.2. The molecule has 1 N–H and O–H groups in total. The van der Waals surface area contributed by atoms with E-state index in [1.54, 1.807) is 6.07 Å². The molecular weight excluding hydrogens is 466 g/mol. The van der Waals surface area contributed by atoms with E-state index in [1.165, 1.54) is 13.2 Å². The average molecular weight is 497 g/mol. The van der Waals surface area contributed by atoms with Crippen LogP contribution < -0.4 is 14.4 Å². The zero-order valence-corrected chi connectivity index (χ0v) is 20.5. The molecule has 2 aromatic carbocycles. The van der Waals surface area contributed by atoms with Gasteiger partial charge in [0.1, 0.15) is 5.82 Å². The van der Waals surface area contributed by atoms with Crippen molar-refractivity contribution >= 4 is 5.95 Å². The van der Waals surface area contributed by atoms with Crippen molar-refractivity contribution < 1.29 is 23.4 Å². The zero-order valence-electron chi connectivity index (χ0n) is 20.5. The van der Waals surface area contributed by atoms with Crippen LogP contribution in [0.3, 0.4) is 0 Å². The molecule has 190 valence electrons. The predicted octanol–water partition coefficient (Wildman–Crippen LogP) is 5.06. The molecule has 2 aliphatic heterocycles. The number of anilines is 1. The lowest BCUT2D eigenvalue weighted by molar-refractivity contribution is 0.234. The average Bonchev–Trinajstić information content (AvgIpc) is 2.87. The Morgan fingerprint density at radius 3 is 2.61 bits per heavy atom. The van der Waals surface area contributed by atoms with Gasteiger partial charge in [-0.3, -0.25) is 4.90 Å². The minimum atomic E-state index is -0.787. The summed E-state index contributed by atoms with van der Waals surface area (Å²) in [6.07, 6.45) is 2.77. The van der Waals surface area contributed by atoms with E-state index >= 15 is 0 Å². The van der Waals surface area contributed by atoms with Gasteiger partial charge in [-0.2, -0.15) is 4.98 Å². The Kier molecular flexibility index (Phi) is 6.91. The third-order valence-corrected chi connectivity index (χ3v) is 6.95. The van der Waals surface area contributed by atoms with Crippen molar-refractivity contribution in [1.82, 2.24) is 14.9 Å². The molecular formula is C27H30F2N4O3. The molecule has 0 atom stereocenters. The zero-order chi connectivity index (χ0) is 25.2. The Morgan fingerprint density at radius 2 is 1.86 bits per heavy atom. The number of halogens is 2. The Labute approximate surface area is 209 Å². The number of fused-ring (bicyclic) bond motifs is 1. The van der Waals surface area contributed by atoms with E-state index in [9.17, 15) is 13.9 Å². The van der Waals surface area contributed by atoms with Crippen molar-refractivity contribution in [2.45, 2.75) is 39.3 Å². The first-order valence-corrected chi connectivity index (χ1v) is 12.3. The Hall–Kier alpha value is -3.46. The van der Waals surface area contributed by atoms with Crippen LogP contribution in [0.2, 0.25) is 0 Å². The molecule has 0 unspecified atom stereocenters. The number of aromatic nitrogens is 2. The van der Waals surface area contributed by atoms with Crippen LogP contribution in [0.25, 0.3) is 0 Å². The Balaban J connectivity index is 1.46. The lowest BCUT2D eigenvalue weighted by Crippen LogP contribution is -2.36. The molecule has 1 fully saturated rings. The highest BCUT2D eigenvalue weighted by atomic mass is 19.1. The highest BCUT2D eigenvalue weighted by Crippen LogP contribution is 2.35. The van der Waals surface area contributed by atoms with Crippen molar-refractivity contribution in [1.29, 1.82) is 0 Å². The molecule has 1 aromatic heterocycles. The third-order valence-electron chi connectivity index (χ3n) is 6.95. The fraction of sp³-hybridized carbons (Fsp3) is 0.407. The van der Waals surface area contributed by atoms with Gasteiger partial charge in [-0.1, -0.05) is 19.1 Å². The molecule has 36 heavy (non-hydrogen) atoms. The maximum Gasteiger partial charge on any atom is 0.229 e. The van der Waals surface area contributed by atoms with Crippen LogP contribution in [0.15, 0.2) is 36.4 Å². The van der Waals surface area contributed by atoms with Crippen molar-refractivity contribution in [3.05, 3.63) is 64.9 Å². The van der Waals surface area contributed by atoms with E-state index in [4.69, 9.17) is 19.4 Å². The molecule has 0 saturated carbocycles. The summed E-state index contributed by atoms with van der Waals surface area (Å²) >= 11 is 0. The molecule has 2 aliphatic rings. The van der Waals surface area contributed by atoms with Gasteiger partial charge in [-0.05, 0) is 37.0 Å². The van der Waals surface area contributed by atoms with Gasteiger partial charge in [-0.25, -0.2) is 13.8 Å². The van der Waals surface area contributed by atoms with Crippen LogP contribution in [-0.2, 0) is 19.5 Å². The van der Waals surface area contributed by atoms with E-state index in [1.807, 2.05) is 12.1 Å². The SMILES string of the molecule is COc1cccc(CN2CCc3nc(N4CCC(C)CC4)nc(Oc4ccc(F)cc4F)c3C2)c1O. The summed E-state index contributed by atoms with van der Waals surface area (Å²) in [7, 11) is 1.52. The number of para-hydroxylation sites is 1. The number of phenolic OH excluding ortho intramolecular Hbond substituents is 1. The summed E-state index contributed by atoms with van der Waals surface area (Å²) in [6.45, 7) is 5.62. The van der Waals surface area contributed by atoms with Crippen molar-refractivity contribution in [3.63, 3.8) is 0 Å². The van der Waals surface area contributed by atoms with Gasteiger partial charge in [0.2, 0.25) is 11.8 Å². The number of nitrogens with zero attached hydrogens (tertiary/aromatic N) is 4. The lowest BCUT2D eigenvalue weighted by Gasteiger charge is -2.33. The molecule has 0 amide bonds. The van der Waals surface area contributed by atoms with E-state index in [2.05, 4.69) is 16.7 Å². The molecule has 9 heteroatoms. The maximum atomic E-state index is 14.5. The van der Waals surface area contributed by atoms with Gasteiger partial charge < -0.3 is 19.5 Å². The monoisotopic (exact) mass is 496 g/mol. The lowest BCUT2D eigenvalue weighted by atomic mass is 9.99. The molecule has 0 bridgehead atoms. The van der Waals surface area contributed by atoms with Crippen molar-refractivity contribution in [2.75, 3.05) is 31.6 Å². The number of ether oxygens (including phenoxy) is 2. The van der Waals surface area contributed by atoms with Gasteiger partial charge in [0.05, 0.1) is 18.4 Å². The topological polar surface area (TPSA) is 71.0 Å². The standard InChI is InChI=1S/C27H30F2N4O3/c1-17-8-12-33(13-9-17)27-30-22-10-11-32(15-18-4-3-5-24(35-2)25(18)34)16-20(22)26(31-27)36-23-7-6-19(28)14-21(23)29/h3-7,14,17,34H,8-13,15-16H2,1-2H3. The van der Waals surface area contributed by atoms with Gasteiger partial charge >= 0.3 is 0 Å². The smallest absolute Gasteiger partial charge is 0.229 e.